The van der Waals surface area contributed by atoms with Crippen LogP contribution in [-0.2, 0) is 20.2 Å². The zero-order valence-corrected chi connectivity index (χ0v) is 10.3. The molecule has 2 amide bonds. The highest BCUT2D eigenvalue weighted by molar-refractivity contribution is 7.80. The third-order valence-electron chi connectivity index (χ3n) is 1.89. The Morgan fingerprint density at radius 1 is 1.33 bits per heavy atom. The summed E-state index contributed by atoms with van der Waals surface area (Å²) in [6.07, 6.45) is 0. The van der Waals surface area contributed by atoms with Crippen LogP contribution in [0.3, 0.4) is 0 Å². The molecule has 6 nitrogen and oxygen atoms in total. The van der Waals surface area contributed by atoms with E-state index in [4.69, 9.17) is 0 Å². The van der Waals surface area contributed by atoms with Crippen molar-refractivity contribution in [2.24, 2.45) is 0 Å². The molecule has 0 saturated carbocycles. The number of amides is 2. The van der Waals surface area contributed by atoms with Crippen molar-refractivity contribution in [3.8, 4) is 0 Å². The maximum Gasteiger partial charge on any atom is 0.275 e. The second-order valence-corrected chi connectivity index (χ2v) is 4.19. The summed E-state index contributed by atoms with van der Waals surface area (Å²) in [6.45, 7) is -1.26. The van der Waals surface area contributed by atoms with Gasteiger partial charge in [0.25, 0.3) is 11.8 Å². The summed E-state index contributed by atoms with van der Waals surface area (Å²) < 4.78 is 27.7. The average Bonchev–Trinajstić information content (AvgIpc) is 2.43. The topological polar surface area (TPSA) is 84.5 Å². The van der Waals surface area contributed by atoms with Crippen molar-refractivity contribution in [2.75, 3.05) is 13.7 Å². The Kier molecular flexibility index (Phi) is 5.40. The molecule has 0 aromatic heterocycles. The van der Waals surface area contributed by atoms with Crippen LogP contribution in [0, 0.1) is 0 Å². The number of rotatable bonds is 5. The Bertz CT molecular complexity index is 463. The molecule has 1 aromatic rings. The van der Waals surface area contributed by atoms with Gasteiger partial charge in [0.15, 0.2) is 6.67 Å². The average molecular weight is 274 g/mol. The van der Waals surface area contributed by atoms with Gasteiger partial charge in [0.05, 0.1) is 4.90 Å². The van der Waals surface area contributed by atoms with Gasteiger partial charge in [-0.25, -0.2) is 14.1 Å². The molecule has 1 atom stereocenters. The highest BCUT2D eigenvalue weighted by atomic mass is 32.2. The lowest BCUT2D eigenvalue weighted by molar-refractivity contribution is -0.128. The van der Waals surface area contributed by atoms with Gasteiger partial charge in [0.1, 0.15) is 0 Å². The molecule has 0 aliphatic heterocycles. The zero-order valence-electron chi connectivity index (χ0n) is 9.44. The van der Waals surface area contributed by atoms with Crippen molar-refractivity contribution in [3.63, 3.8) is 0 Å². The van der Waals surface area contributed by atoms with Crippen LogP contribution in [0.15, 0.2) is 29.2 Å². The van der Waals surface area contributed by atoms with Crippen LogP contribution in [-0.4, -0.2) is 29.7 Å². The molecule has 98 valence electrons. The number of alkyl halides is 1. The smallest absolute Gasteiger partial charge is 0.275 e. The van der Waals surface area contributed by atoms with E-state index in [1.54, 1.807) is 5.48 Å². The predicted molar refractivity (Wildman–Crippen MR) is 61.4 cm³/mol. The highest BCUT2D eigenvalue weighted by Gasteiger charge is 2.09. The Morgan fingerprint density at radius 3 is 2.44 bits per heavy atom. The van der Waals surface area contributed by atoms with E-state index in [9.17, 15) is 18.2 Å². The van der Waals surface area contributed by atoms with Crippen molar-refractivity contribution in [1.82, 2.24) is 10.8 Å². The van der Waals surface area contributed by atoms with Crippen molar-refractivity contribution in [2.45, 2.75) is 4.90 Å². The standard InChI is InChI=1S/C10H11FN2O4S/c1-12-10(15)7-2-4-8(5-3-7)18(16)17-13-9(14)6-11/h2-5H,6H2,1H3,(H,12,15)(H,13,14). The number of halogens is 1. The van der Waals surface area contributed by atoms with Gasteiger partial charge in [-0.1, -0.05) is 0 Å². The molecular weight excluding hydrogens is 263 g/mol. The summed E-state index contributed by atoms with van der Waals surface area (Å²) >= 11 is -1.96. The van der Waals surface area contributed by atoms with Crippen LogP contribution < -0.4 is 10.8 Å². The third-order valence-corrected chi connectivity index (χ3v) is 2.78. The van der Waals surface area contributed by atoms with E-state index < -0.39 is 23.7 Å². The van der Waals surface area contributed by atoms with Crippen molar-refractivity contribution >= 4 is 22.9 Å². The molecule has 8 heteroatoms. The molecule has 0 saturated heterocycles. The first-order valence-corrected chi connectivity index (χ1v) is 5.92. The normalized spacial score (nSPS) is 11.7. The maximum atomic E-state index is 11.8. The number of carbonyl (C=O) groups excluding carboxylic acids is 2. The van der Waals surface area contributed by atoms with E-state index in [-0.39, 0.29) is 10.8 Å². The number of benzene rings is 1. The minimum Gasteiger partial charge on any atom is -0.355 e. The van der Waals surface area contributed by atoms with Gasteiger partial charge in [-0.2, -0.15) is 4.28 Å². The third kappa shape index (κ3) is 3.90. The molecule has 0 bridgehead atoms. The Hall–Kier alpha value is -1.80. The van der Waals surface area contributed by atoms with E-state index >= 15 is 0 Å². The van der Waals surface area contributed by atoms with Gasteiger partial charge in [-0.05, 0) is 24.3 Å². The molecule has 1 rings (SSSR count). The van der Waals surface area contributed by atoms with E-state index in [1.165, 1.54) is 31.3 Å². The van der Waals surface area contributed by atoms with Crippen molar-refractivity contribution < 1.29 is 22.5 Å². The lowest BCUT2D eigenvalue weighted by Crippen LogP contribution is -2.26. The van der Waals surface area contributed by atoms with Crippen LogP contribution >= 0.6 is 0 Å². The number of hydroxylamine groups is 1. The molecule has 0 heterocycles. The summed E-state index contributed by atoms with van der Waals surface area (Å²) in [5.74, 6) is -1.30. The van der Waals surface area contributed by atoms with Gasteiger partial charge >= 0.3 is 0 Å². The van der Waals surface area contributed by atoms with Crippen LogP contribution in [0.5, 0.6) is 0 Å². The predicted octanol–water partition coefficient (Wildman–Crippen LogP) is 0.0861. The first-order valence-electron chi connectivity index (χ1n) is 4.84. The SMILES string of the molecule is CNC(=O)c1ccc(S(=O)ONC(=O)CF)cc1. The summed E-state index contributed by atoms with van der Waals surface area (Å²) in [5, 5.41) is 2.43. The second-order valence-electron chi connectivity index (χ2n) is 3.08. The van der Waals surface area contributed by atoms with Crippen LogP contribution in [0.2, 0.25) is 0 Å². The Balaban J connectivity index is 2.64. The molecule has 0 fully saturated rings. The molecule has 0 spiro atoms. The van der Waals surface area contributed by atoms with Crippen LogP contribution in [0.4, 0.5) is 4.39 Å². The minimum atomic E-state index is -1.96. The second kappa shape index (κ2) is 6.82. The molecule has 1 aromatic carbocycles. The molecular formula is C10H11FN2O4S. The molecule has 18 heavy (non-hydrogen) atoms. The Morgan fingerprint density at radius 2 is 1.94 bits per heavy atom. The Labute approximate surface area is 105 Å². The van der Waals surface area contributed by atoms with E-state index in [0.717, 1.165) is 0 Å². The summed E-state index contributed by atoms with van der Waals surface area (Å²) in [7, 11) is 1.49. The maximum absolute atomic E-state index is 11.8. The quantitative estimate of drug-likeness (QED) is 0.745. The first kappa shape index (κ1) is 14.3. The number of hydrogen-bond donors (Lipinski definition) is 2. The summed E-state index contributed by atoms with van der Waals surface area (Å²) in [6, 6.07) is 5.71. The van der Waals surface area contributed by atoms with Gasteiger partial charge in [-0.3, -0.25) is 9.59 Å². The van der Waals surface area contributed by atoms with Gasteiger partial charge in [0, 0.05) is 12.6 Å². The lowest BCUT2D eigenvalue weighted by Gasteiger charge is -2.04. The van der Waals surface area contributed by atoms with Gasteiger partial charge in [0.2, 0.25) is 11.1 Å². The minimum absolute atomic E-state index is 0.238. The van der Waals surface area contributed by atoms with E-state index in [1.807, 2.05) is 0 Å². The summed E-state index contributed by atoms with van der Waals surface area (Å²) in [5.41, 5.74) is 2.08. The largest absolute Gasteiger partial charge is 0.355 e. The lowest BCUT2D eigenvalue weighted by atomic mass is 10.2. The molecule has 2 N–H and O–H groups in total. The molecule has 1 unspecified atom stereocenters. The van der Waals surface area contributed by atoms with Crippen molar-refractivity contribution in [3.05, 3.63) is 29.8 Å². The summed E-state index contributed by atoms with van der Waals surface area (Å²) in [4.78, 5) is 22.0. The monoisotopic (exact) mass is 274 g/mol. The van der Waals surface area contributed by atoms with Crippen LogP contribution in [0.25, 0.3) is 0 Å². The fraction of sp³-hybridized carbons (Fsp3) is 0.200. The molecule has 0 aliphatic carbocycles. The fourth-order valence-electron chi connectivity index (χ4n) is 1.02. The van der Waals surface area contributed by atoms with E-state index in [0.29, 0.717) is 5.56 Å². The van der Waals surface area contributed by atoms with E-state index in [2.05, 4.69) is 9.60 Å². The number of hydrogen-bond acceptors (Lipinski definition) is 4. The van der Waals surface area contributed by atoms with Gasteiger partial charge in [-0.15, -0.1) is 0 Å². The highest BCUT2D eigenvalue weighted by Crippen LogP contribution is 2.09. The van der Waals surface area contributed by atoms with Crippen LogP contribution in [0.1, 0.15) is 10.4 Å². The van der Waals surface area contributed by atoms with Crippen molar-refractivity contribution in [1.29, 1.82) is 0 Å². The fourth-order valence-corrected chi connectivity index (χ4v) is 1.64. The molecule has 0 aliphatic rings. The zero-order chi connectivity index (χ0) is 13.5. The number of nitrogens with one attached hydrogen (secondary N) is 2. The first-order chi connectivity index (χ1) is 8.58. The number of carbonyl (C=O) groups is 2. The van der Waals surface area contributed by atoms with Gasteiger partial charge < -0.3 is 5.32 Å². The molecule has 0 radical (unpaired) electrons.